The summed E-state index contributed by atoms with van der Waals surface area (Å²) in [5.74, 6) is -0.199. The van der Waals surface area contributed by atoms with Crippen LogP contribution in [0.4, 0.5) is 0 Å². The molecule has 1 N–H and O–H groups in total. The summed E-state index contributed by atoms with van der Waals surface area (Å²) >= 11 is 0. The Morgan fingerprint density at radius 1 is 1.83 bits per heavy atom. The van der Waals surface area contributed by atoms with Crippen LogP contribution in [-0.2, 0) is 0 Å². The molecule has 0 radical (unpaired) electrons. The molecular weight excluding hydrogens is 163 g/mol. The minimum atomic E-state index is -0.199. The molecule has 1 nitrogen and oxygen atoms in total. The van der Waals surface area contributed by atoms with Gasteiger partial charge < -0.3 is 5.11 Å². The zero-order valence-electron chi connectivity index (χ0n) is 3.72. The molecule has 0 rings (SSSR count). The van der Waals surface area contributed by atoms with Gasteiger partial charge in [0.15, 0.2) is 0 Å². The van der Waals surface area contributed by atoms with Gasteiger partial charge in [-0.15, -0.1) is 26.2 Å². The number of aliphatic hydroxyl groups is 1. The summed E-state index contributed by atoms with van der Waals surface area (Å²) in [5, 5.41) is 8.32. The topological polar surface area (TPSA) is 20.2 Å². The van der Waals surface area contributed by atoms with E-state index in [2.05, 4.69) is 9.24 Å². The van der Waals surface area contributed by atoms with E-state index in [0.717, 1.165) is 6.42 Å². The van der Waals surface area contributed by atoms with Crippen molar-refractivity contribution < 1.29 is 5.11 Å². The van der Waals surface area contributed by atoms with Crippen LogP contribution in [0.2, 0.25) is 0 Å². The lowest BCUT2D eigenvalue weighted by Gasteiger charge is -1.90. The Balaban J connectivity index is 0. The average Bonchev–Trinajstić information content (AvgIpc) is 1.38. The number of halogens is 1. The molecule has 2 atom stereocenters. The molecule has 0 aromatic rings. The molecule has 3 heteroatoms. The highest BCUT2D eigenvalue weighted by atomic mass is 79.9. The molecule has 0 aliphatic carbocycles. The number of rotatable bonds is 1. The fourth-order valence-electron chi connectivity index (χ4n) is 0. The van der Waals surface area contributed by atoms with Crippen molar-refractivity contribution in [2.75, 3.05) is 0 Å². The van der Waals surface area contributed by atoms with Crippen LogP contribution in [0.1, 0.15) is 13.3 Å². The molecule has 0 saturated heterocycles. The molecule has 0 amide bonds. The lowest BCUT2D eigenvalue weighted by Crippen LogP contribution is -1.87. The third-order valence-electron chi connectivity index (χ3n) is 0.418. The zero-order chi connectivity index (χ0) is 4.28. The first kappa shape index (κ1) is 9.98. The molecule has 0 aromatic heterocycles. The minimum absolute atomic E-state index is 0. The van der Waals surface area contributed by atoms with Gasteiger partial charge in [0.2, 0.25) is 0 Å². The van der Waals surface area contributed by atoms with Crippen molar-refractivity contribution in [3.8, 4) is 0 Å². The first-order valence-electron chi connectivity index (χ1n) is 1.71. The molecule has 0 fully saturated rings. The molecule has 6 heavy (non-hydrogen) atoms. The Kier molecular flexibility index (Phi) is 9.76. The van der Waals surface area contributed by atoms with Gasteiger partial charge in [0.05, 0.1) is 5.85 Å². The van der Waals surface area contributed by atoms with Gasteiger partial charge in [-0.3, -0.25) is 0 Å². The molecule has 40 valence electrons. The predicted molar refractivity (Wildman–Crippen MR) is 36.3 cm³/mol. The second-order valence-electron chi connectivity index (χ2n) is 0.976. The summed E-state index contributed by atoms with van der Waals surface area (Å²) in [4.78, 5) is 0. The van der Waals surface area contributed by atoms with E-state index in [0.29, 0.717) is 0 Å². The van der Waals surface area contributed by atoms with Gasteiger partial charge in [-0.2, -0.15) is 0 Å². The van der Waals surface area contributed by atoms with Crippen molar-refractivity contribution in [3.63, 3.8) is 0 Å². The maximum absolute atomic E-state index is 8.32. The molecule has 0 aromatic carbocycles. The summed E-state index contributed by atoms with van der Waals surface area (Å²) in [6.45, 7) is 1.93. The molecular formula is C3H10BrOP. The molecule has 0 heterocycles. The summed E-state index contributed by atoms with van der Waals surface area (Å²) in [5.41, 5.74) is 0. The van der Waals surface area contributed by atoms with E-state index >= 15 is 0 Å². The highest BCUT2D eigenvalue weighted by molar-refractivity contribution is 8.93. The van der Waals surface area contributed by atoms with Crippen LogP contribution in [0.5, 0.6) is 0 Å². The SMILES string of the molecule is Br.CCC(O)P. The van der Waals surface area contributed by atoms with Crippen LogP contribution in [0.15, 0.2) is 0 Å². The van der Waals surface area contributed by atoms with Gasteiger partial charge >= 0.3 is 0 Å². The van der Waals surface area contributed by atoms with Crippen molar-refractivity contribution in [2.24, 2.45) is 0 Å². The minimum Gasteiger partial charge on any atom is -0.389 e. The van der Waals surface area contributed by atoms with Gasteiger partial charge in [0, 0.05) is 0 Å². The van der Waals surface area contributed by atoms with Crippen molar-refractivity contribution in [3.05, 3.63) is 0 Å². The van der Waals surface area contributed by atoms with Crippen LogP contribution in [0.25, 0.3) is 0 Å². The molecule has 0 spiro atoms. The van der Waals surface area contributed by atoms with E-state index in [1.54, 1.807) is 0 Å². The van der Waals surface area contributed by atoms with Crippen LogP contribution in [0.3, 0.4) is 0 Å². The summed E-state index contributed by atoms with van der Waals surface area (Å²) in [6.07, 6.45) is 0.824. The van der Waals surface area contributed by atoms with Crippen molar-refractivity contribution >= 4 is 26.2 Å². The highest BCUT2D eigenvalue weighted by Gasteiger charge is 1.81. The van der Waals surface area contributed by atoms with Crippen molar-refractivity contribution in [1.82, 2.24) is 0 Å². The lowest BCUT2D eigenvalue weighted by atomic mass is 10.5. The van der Waals surface area contributed by atoms with Crippen molar-refractivity contribution in [1.29, 1.82) is 0 Å². The molecule has 0 aliphatic heterocycles. The average molecular weight is 173 g/mol. The molecule has 0 aliphatic rings. The van der Waals surface area contributed by atoms with E-state index in [-0.39, 0.29) is 22.8 Å². The fourth-order valence-corrected chi connectivity index (χ4v) is 0. The summed E-state index contributed by atoms with van der Waals surface area (Å²) in [7, 11) is 2.29. The monoisotopic (exact) mass is 172 g/mol. The van der Waals surface area contributed by atoms with E-state index in [9.17, 15) is 0 Å². The summed E-state index contributed by atoms with van der Waals surface area (Å²) < 4.78 is 0. The van der Waals surface area contributed by atoms with Gasteiger partial charge in [-0.25, -0.2) is 0 Å². The first-order valence-corrected chi connectivity index (χ1v) is 2.37. The van der Waals surface area contributed by atoms with Gasteiger partial charge in [-0.05, 0) is 6.42 Å². The Bertz CT molecular complexity index is 24.8. The summed E-state index contributed by atoms with van der Waals surface area (Å²) in [6, 6.07) is 0. The quantitative estimate of drug-likeness (QED) is 0.590. The Hall–Kier alpha value is 0.870. The zero-order valence-corrected chi connectivity index (χ0v) is 6.59. The normalized spacial score (nSPS) is 12.5. The second kappa shape index (κ2) is 5.87. The lowest BCUT2D eigenvalue weighted by molar-refractivity contribution is 0.258. The number of aliphatic hydroxyl groups excluding tert-OH is 1. The largest absolute Gasteiger partial charge is 0.389 e. The molecule has 2 unspecified atom stereocenters. The Morgan fingerprint density at radius 3 is 2.00 bits per heavy atom. The second-order valence-corrected chi connectivity index (χ2v) is 1.75. The van der Waals surface area contributed by atoms with E-state index < -0.39 is 0 Å². The van der Waals surface area contributed by atoms with E-state index in [1.165, 1.54) is 0 Å². The fraction of sp³-hybridized carbons (Fsp3) is 1.00. The highest BCUT2D eigenvalue weighted by Crippen LogP contribution is 1.95. The predicted octanol–water partition coefficient (Wildman–Crippen LogP) is 1.17. The third-order valence-corrected chi connectivity index (χ3v) is 0.890. The smallest absolute Gasteiger partial charge is 0.0671 e. The van der Waals surface area contributed by atoms with Gasteiger partial charge in [0.25, 0.3) is 0 Å². The molecule has 0 bridgehead atoms. The Morgan fingerprint density at radius 2 is 2.00 bits per heavy atom. The van der Waals surface area contributed by atoms with Crippen LogP contribution in [-0.4, -0.2) is 11.0 Å². The van der Waals surface area contributed by atoms with Crippen LogP contribution >= 0.6 is 26.2 Å². The Labute approximate surface area is 51.1 Å². The van der Waals surface area contributed by atoms with Crippen LogP contribution < -0.4 is 0 Å². The maximum atomic E-state index is 8.32. The van der Waals surface area contributed by atoms with Gasteiger partial charge in [-0.1, -0.05) is 6.92 Å². The molecule has 0 saturated carbocycles. The third kappa shape index (κ3) is 8.85. The van der Waals surface area contributed by atoms with E-state index in [1.807, 2.05) is 6.92 Å². The first-order chi connectivity index (χ1) is 2.27. The number of hydrogen-bond acceptors (Lipinski definition) is 1. The van der Waals surface area contributed by atoms with Gasteiger partial charge in [0.1, 0.15) is 0 Å². The van der Waals surface area contributed by atoms with Crippen molar-refractivity contribution in [2.45, 2.75) is 19.2 Å². The standard InChI is InChI=1S/C3H9OP.BrH/c1-2-3(4)5;/h3-4H,2,5H2,1H3;1H. The van der Waals surface area contributed by atoms with E-state index in [4.69, 9.17) is 5.11 Å². The maximum Gasteiger partial charge on any atom is 0.0671 e. The van der Waals surface area contributed by atoms with Crippen LogP contribution in [0, 0.1) is 0 Å². The number of hydrogen-bond donors (Lipinski definition) is 1.